The van der Waals surface area contributed by atoms with E-state index < -0.39 is 0 Å². The van der Waals surface area contributed by atoms with Gasteiger partial charge in [-0.1, -0.05) is 24.6 Å². The fourth-order valence-electron chi connectivity index (χ4n) is 3.10. The van der Waals surface area contributed by atoms with Gasteiger partial charge in [0, 0.05) is 37.0 Å². The van der Waals surface area contributed by atoms with Crippen LogP contribution >= 0.6 is 0 Å². The van der Waals surface area contributed by atoms with Crippen LogP contribution in [0.5, 0.6) is 0 Å². The van der Waals surface area contributed by atoms with Gasteiger partial charge in [-0.3, -0.25) is 9.59 Å². The number of para-hydroxylation sites is 1. The highest BCUT2D eigenvalue weighted by Crippen LogP contribution is 2.24. The Bertz CT molecular complexity index is 780. The van der Waals surface area contributed by atoms with Crippen LogP contribution in [0.3, 0.4) is 0 Å². The summed E-state index contributed by atoms with van der Waals surface area (Å²) < 4.78 is 0. The van der Waals surface area contributed by atoms with Gasteiger partial charge in [-0.05, 0) is 62.1 Å². The zero-order chi connectivity index (χ0) is 20.5. The number of Topliss-reactive ketones (excluding diaryl/α,β-unsaturated/α-hetero) is 1. The molecular weight excluding hydrogens is 352 g/mol. The number of amides is 1. The van der Waals surface area contributed by atoms with Crippen molar-refractivity contribution < 1.29 is 14.7 Å². The Morgan fingerprint density at radius 2 is 1.61 bits per heavy atom. The molecule has 0 radical (unpaired) electrons. The van der Waals surface area contributed by atoms with Gasteiger partial charge in [-0.2, -0.15) is 0 Å². The third kappa shape index (κ3) is 6.20. The quantitative estimate of drug-likeness (QED) is 0.603. The van der Waals surface area contributed by atoms with Crippen molar-refractivity contribution >= 4 is 23.1 Å². The zero-order valence-corrected chi connectivity index (χ0v) is 17.0. The molecule has 0 aliphatic heterocycles. The monoisotopic (exact) mass is 382 g/mol. The summed E-state index contributed by atoms with van der Waals surface area (Å²) in [6.07, 6.45) is 2.86. The lowest BCUT2D eigenvalue weighted by atomic mass is 10.1. The molecule has 150 valence electrons. The van der Waals surface area contributed by atoms with E-state index in [0.29, 0.717) is 18.5 Å². The van der Waals surface area contributed by atoms with Crippen LogP contribution in [-0.4, -0.2) is 41.9 Å². The lowest BCUT2D eigenvalue weighted by molar-refractivity contribution is -0.121. The molecule has 0 bridgehead atoms. The molecule has 28 heavy (non-hydrogen) atoms. The number of hydrogen-bond donors (Lipinski definition) is 2. The molecule has 5 heteroatoms. The molecule has 0 aliphatic rings. The molecule has 0 saturated carbocycles. The van der Waals surface area contributed by atoms with Crippen molar-refractivity contribution in [2.24, 2.45) is 0 Å². The SMILES string of the molecule is Cc1cccc(C)c1Nc1ccc(C(=O)N(C)CCCCCC(=O)CO)cc1. The molecule has 0 spiro atoms. The molecule has 5 nitrogen and oxygen atoms in total. The third-order valence-corrected chi connectivity index (χ3v) is 4.85. The van der Waals surface area contributed by atoms with Crippen LogP contribution in [0, 0.1) is 13.8 Å². The van der Waals surface area contributed by atoms with Crippen LogP contribution < -0.4 is 5.32 Å². The first-order valence-electron chi connectivity index (χ1n) is 9.73. The van der Waals surface area contributed by atoms with Crippen molar-refractivity contribution in [1.29, 1.82) is 0 Å². The van der Waals surface area contributed by atoms with Crippen LogP contribution in [-0.2, 0) is 4.79 Å². The first-order chi connectivity index (χ1) is 13.4. The second-order valence-electron chi connectivity index (χ2n) is 7.20. The summed E-state index contributed by atoms with van der Waals surface area (Å²) >= 11 is 0. The van der Waals surface area contributed by atoms with Crippen molar-refractivity contribution in [3.8, 4) is 0 Å². The Morgan fingerprint density at radius 1 is 0.964 bits per heavy atom. The lowest BCUT2D eigenvalue weighted by Crippen LogP contribution is -2.27. The Hall–Kier alpha value is -2.66. The molecule has 0 aromatic heterocycles. The first kappa shape index (κ1) is 21.6. The summed E-state index contributed by atoms with van der Waals surface area (Å²) in [5.41, 5.74) is 5.06. The summed E-state index contributed by atoms with van der Waals surface area (Å²) in [4.78, 5) is 25.3. The molecule has 2 aromatic carbocycles. The maximum absolute atomic E-state index is 12.6. The highest BCUT2D eigenvalue weighted by Gasteiger charge is 2.11. The Labute approximate surface area is 167 Å². The number of benzene rings is 2. The summed E-state index contributed by atoms with van der Waals surface area (Å²) in [6, 6.07) is 13.7. The molecule has 2 rings (SSSR count). The van der Waals surface area contributed by atoms with Gasteiger partial charge in [-0.25, -0.2) is 0 Å². The number of ketones is 1. The molecule has 2 aromatic rings. The van der Waals surface area contributed by atoms with Crippen molar-refractivity contribution in [2.75, 3.05) is 25.5 Å². The molecule has 0 saturated heterocycles. The van der Waals surface area contributed by atoms with Gasteiger partial charge in [0.1, 0.15) is 6.61 Å². The van der Waals surface area contributed by atoms with Gasteiger partial charge >= 0.3 is 0 Å². The van der Waals surface area contributed by atoms with E-state index in [2.05, 4.69) is 31.3 Å². The van der Waals surface area contributed by atoms with E-state index in [4.69, 9.17) is 5.11 Å². The van der Waals surface area contributed by atoms with E-state index in [-0.39, 0.29) is 18.3 Å². The molecule has 0 fully saturated rings. The smallest absolute Gasteiger partial charge is 0.253 e. The fraction of sp³-hybridized carbons (Fsp3) is 0.391. The topological polar surface area (TPSA) is 69.6 Å². The van der Waals surface area contributed by atoms with Crippen molar-refractivity contribution in [2.45, 2.75) is 39.5 Å². The molecular formula is C23H30N2O3. The number of aryl methyl sites for hydroxylation is 2. The van der Waals surface area contributed by atoms with Crippen LogP contribution in [0.4, 0.5) is 11.4 Å². The largest absolute Gasteiger partial charge is 0.389 e. The summed E-state index contributed by atoms with van der Waals surface area (Å²) in [5.74, 6) is -0.135. The van der Waals surface area contributed by atoms with Gasteiger partial charge in [-0.15, -0.1) is 0 Å². The Balaban J connectivity index is 1.86. The predicted molar refractivity (Wildman–Crippen MR) is 113 cm³/mol. The Kier molecular flexibility index (Phi) is 8.20. The average Bonchev–Trinajstić information content (AvgIpc) is 2.70. The van der Waals surface area contributed by atoms with E-state index in [9.17, 15) is 9.59 Å². The number of rotatable bonds is 10. The van der Waals surface area contributed by atoms with Crippen LogP contribution in [0.2, 0.25) is 0 Å². The fourth-order valence-corrected chi connectivity index (χ4v) is 3.10. The van der Waals surface area contributed by atoms with Crippen molar-refractivity contribution in [1.82, 2.24) is 4.90 Å². The number of aliphatic hydroxyl groups is 1. The lowest BCUT2D eigenvalue weighted by Gasteiger charge is -2.18. The molecule has 0 aliphatic carbocycles. The van der Waals surface area contributed by atoms with E-state index in [1.165, 1.54) is 11.1 Å². The number of carbonyl (C=O) groups excluding carboxylic acids is 2. The minimum atomic E-state index is -0.382. The van der Waals surface area contributed by atoms with Crippen LogP contribution in [0.15, 0.2) is 42.5 Å². The molecule has 0 atom stereocenters. The Morgan fingerprint density at radius 3 is 2.21 bits per heavy atom. The summed E-state index contributed by atoms with van der Waals surface area (Å²) in [5, 5.41) is 12.1. The zero-order valence-electron chi connectivity index (χ0n) is 17.0. The minimum absolute atomic E-state index is 0.00921. The summed E-state index contributed by atoms with van der Waals surface area (Å²) in [7, 11) is 1.80. The van der Waals surface area contributed by atoms with Gasteiger partial charge in [0.25, 0.3) is 5.91 Å². The normalized spacial score (nSPS) is 10.6. The second kappa shape index (κ2) is 10.6. The minimum Gasteiger partial charge on any atom is -0.389 e. The standard InChI is InChI=1S/C23H30N2O3/c1-17-8-7-9-18(2)22(17)24-20-13-11-19(12-14-20)23(28)25(3)15-6-4-5-10-21(27)16-26/h7-9,11-14,24,26H,4-6,10,15-16H2,1-3H3. The van der Waals surface area contributed by atoms with E-state index in [1.807, 2.05) is 30.3 Å². The molecule has 0 heterocycles. The van der Waals surface area contributed by atoms with Gasteiger partial charge in [0.15, 0.2) is 5.78 Å². The third-order valence-electron chi connectivity index (χ3n) is 4.85. The highest BCUT2D eigenvalue weighted by atomic mass is 16.3. The number of nitrogens with one attached hydrogen (secondary N) is 1. The number of aliphatic hydroxyl groups excluding tert-OH is 1. The van der Waals surface area contributed by atoms with Gasteiger partial charge < -0.3 is 15.3 Å². The maximum Gasteiger partial charge on any atom is 0.253 e. The molecule has 1 amide bonds. The predicted octanol–water partition coefficient (Wildman–Crippen LogP) is 4.24. The van der Waals surface area contributed by atoms with Crippen molar-refractivity contribution in [3.05, 3.63) is 59.2 Å². The number of nitrogens with zero attached hydrogens (tertiary/aromatic N) is 1. The first-order valence-corrected chi connectivity index (χ1v) is 9.73. The van der Waals surface area contributed by atoms with E-state index in [0.717, 1.165) is 30.6 Å². The number of anilines is 2. The second-order valence-corrected chi connectivity index (χ2v) is 7.20. The van der Waals surface area contributed by atoms with E-state index in [1.54, 1.807) is 11.9 Å². The highest BCUT2D eigenvalue weighted by molar-refractivity contribution is 5.94. The maximum atomic E-state index is 12.6. The van der Waals surface area contributed by atoms with E-state index >= 15 is 0 Å². The number of carbonyl (C=O) groups is 2. The van der Waals surface area contributed by atoms with Gasteiger partial charge in [0.2, 0.25) is 0 Å². The molecule has 0 unspecified atom stereocenters. The summed E-state index contributed by atoms with van der Waals surface area (Å²) in [6.45, 7) is 4.41. The van der Waals surface area contributed by atoms with Crippen LogP contribution in [0.1, 0.15) is 47.2 Å². The number of hydrogen-bond acceptors (Lipinski definition) is 4. The molecule has 2 N–H and O–H groups in total. The average molecular weight is 383 g/mol. The van der Waals surface area contributed by atoms with Gasteiger partial charge in [0.05, 0.1) is 0 Å². The van der Waals surface area contributed by atoms with Crippen molar-refractivity contribution in [3.63, 3.8) is 0 Å². The number of unbranched alkanes of at least 4 members (excludes halogenated alkanes) is 2. The van der Waals surface area contributed by atoms with Crippen LogP contribution in [0.25, 0.3) is 0 Å².